The van der Waals surface area contributed by atoms with E-state index >= 15 is 0 Å². The molecule has 0 aliphatic heterocycles. The van der Waals surface area contributed by atoms with Gasteiger partial charge in [-0.15, -0.1) is 0 Å². The average Bonchev–Trinajstić information content (AvgIpc) is 2.44. The Bertz CT molecular complexity index is 345. The van der Waals surface area contributed by atoms with E-state index in [1.165, 1.54) is 0 Å². The first-order chi connectivity index (χ1) is 6.71. The lowest BCUT2D eigenvalue weighted by molar-refractivity contribution is 0.280. The quantitative estimate of drug-likeness (QED) is 0.787. The van der Waals surface area contributed by atoms with E-state index in [0.29, 0.717) is 0 Å². The normalized spacial score (nSPS) is 13.3. The largest absolute Gasteiger partial charge is 0.474 e. The van der Waals surface area contributed by atoms with Gasteiger partial charge in [0.05, 0.1) is 18.3 Å². The third kappa shape index (κ3) is 2.04. The summed E-state index contributed by atoms with van der Waals surface area (Å²) in [6, 6.07) is 0. The van der Waals surface area contributed by atoms with Crippen LogP contribution in [0.4, 0.5) is 0 Å². The third-order valence-electron chi connectivity index (χ3n) is 3.75. The molecule has 2 nitrogen and oxygen atoms in total. The van der Waals surface area contributed by atoms with Crippen LogP contribution < -0.4 is 5.38 Å². The number of hydrogen-bond donors (Lipinski definition) is 1. The molecule has 86 valence electrons. The van der Waals surface area contributed by atoms with Gasteiger partial charge < -0.3 is 9.52 Å². The Morgan fingerprint density at radius 2 is 1.87 bits per heavy atom. The summed E-state index contributed by atoms with van der Waals surface area (Å²) < 4.78 is 5.68. The molecule has 0 atom stereocenters. The summed E-state index contributed by atoms with van der Waals surface area (Å²) in [6.45, 7) is 13.5. The van der Waals surface area contributed by atoms with Crippen molar-refractivity contribution in [3.05, 3.63) is 17.4 Å². The van der Waals surface area contributed by atoms with Crippen LogP contribution in [-0.2, 0) is 6.61 Å². The Labute approximate surface area is 93.3 Å². The van der Waals surface area contributed by atoms with Crippen LogP contribution in [0.2, 0.25) is 18.1 Å². The fourth-order valence-corrected chi connectivity index (χ4v) is 3.70. The highest BCUT2D eigenvalue weighted by Crippen LogP contribution is 2.36. The molecule has 0 saturated carbocycles. The molecule has 1 heterocycles. The van der Waals surface area contributed by atoms with E-state index in [0.717, 1.165) is 16.5 Å². The van der Waals surface area contributed by atoms with Crippen molar-refractivity contribution in [1.29, 1.82) is 0 Å². The van der Waals surface area contributed by atoms with Gasteiger partial charge in [-0.25, -0.2) is 0 Å². The number of rotatable bonds is 2. The molecule has 0 spiro atoms. The Balaban J connectivity index is 3.22. The molecule has 1 aromatic heterocycles. The van der Waals surface area contributed by atoms with Crippen LogP contribution in [0.5, 0.6) is 0 Å². The molecule has 1 rings (SSSR count). The van der Waals surface area contributed by atoms with Crippen LogP contribution in [0.3, 0.4) is 0 Å². The smallest absolute Gasteiger partial charge is 0.131 e. The van der Waals surface area contributed by atoms with Crippen molar-refractivity contribution in [2.75, 3.05) is 0 Å². The minimum absolute atomic E-state index is 0.0734. The van der Waals surface area contributed by atoms with Crippen molar-refractivity contribution in [2.45, 2.75) is 52.4 Å². The van der Waals surface area contributed by atoms with Gasteiger partial charge in [0.1, 0.15) is 8.07 Å². The second kappa shape index (κ2) is 3.80. The fraction of sp³-hybridized carbons (Fsp3) is 0.667. The first kappa shape index (κ1) is 12.5. The predicted octanol–water partition coefficient (Wildman–Crippen LogP) is 2.80. The molecular formula is C12H22O2Si. The van der Waals surface area contributed by atoms with Gasteiger partial charge in [-0.05, 0) is 17.5 Å². The first-order valence-corrected chi connectivity index (χ1v) is 8.40. The molecule has 0 aliphatic carbocycles. The van der Waals surface area contributed by atoms with Crippen LogP contribution in [0, 0.1) is 6.92 Å². The summed E-state index contributed by atoms with van der Waals surface area (Å²) in [5, 5.41) is 10.5. The maximum absolute atomic E-state index is 9.16. The van der Waals surface area contributed by atoms with Crippen LogP contribution in [0.1, 0.15) is 31.9 Å². The molecule has 3 heteroatoms. The summed E-state index contributed by atoms with van der Waals surface area (Å²) in [4.78, 5) is 0. The van der Waals surface area contributed by atoms with Crippen LogP contribution in [-0.4, -0.2) is 13.2 Å². The van der Waals surface area contributed by atoms with E-state index in [1.807, 2.05) is 6.92 Å². The molecule has 0 aromatic carbocycles. The summed E-state index contributed by atoms with van der Waals surface area (Å²) in [5.41, 5.74) is 2.07. The van der Waals surface area contributed by atoms with E-state index in [1.54, 1.807) is 6.26 Å². The van der Waals surface area contributed by atoms with Crippen molar-refractivity contribution >= 4 is 13.5 Å². The van der Waals surface area contributed by atoms with E-state index in [4.69, 9.17) is 9.52 Å². The lowest BCUT2D eigenvalue weighted by Crippen LogP contribution is -2.49. The van der Waals surface area contributed by atoms with Crippen molar-refractivity contribution in [2.24, 2.45) is 0 Å². The molecule has 1 aromatic rings. The van der Waals surface area contributed by atoms with Gasteiger partial charge in [0.25, 0.3) is 0 Å². The maximum Gasteiger partial charge on any atom is 0.131 e. The number of aliphatic hydroxyl groups excluding tert-OH is 1. The molecule has 0 bridgehead atoms. The Kier molecular flexibility index (Phi) is 3.17. The fourth-order valence-electron chi connectivity index (χ4n) is 1.57. The maximum atomic E-state index is 9.16. The van der Waals surface area contributed by atoms with Gasteiger partial charge in [0, 0.05) is 5.56 Å². The highest BCUT2D eigenvalue weighted by atomic mass is 28.3. The first-order valence-electron chi connectivity index (χ1n) is 5.40. The number of furan rings is 1. The van der Waals surface area contributed by atoms with E-state index in [2.05, 4.69) is 33.9 Å². The highest BCUT2D eigenvalue weighted by molar-refractivity contribution is 6.91. The minimum Gasteiger partial charge on any atom is -0.474 e. The van der Waals surface area contributed by atoms with E-state index < -0.39 is 8.07 Å². The van der Waals surface area contributed by atoms with Crippen LogP contribution in [0.25, 0.3) is 0 Å². The minimum atomic E-state index is -1.60. The Morgan fingerprint density at radius 3 is 2.20 bits per heavy atom. The summed E-state index contributed by atoms with van der Waals surface area (Å²) in [5.74, 6) is 0. The van der Waals surface area contributed by atoms with Crippen molar-refractivity contribution in [3.63, 3.8) is 0 Å². The molecule has 0 unspecified atom stereocenters. The van der Waals surface area contributed by atoms with Gasteiger partial charge in [0.2, 0.25) is 0 Å². The Morgan fingerprint density at radius 1 is 1.33 bits per heavy atom. The standard InChI is InChI=1S/C12H22O2Si/c1-9-10(7-13)8-14-11(9)15(5,6)12(2,3)4/h8,13H,7H2,1-6H3. The number of hydrogen-bond acceptors (Lipinski definition) is 2. The zero-order valence-electron chi connectivity index (χ0n) is 10.6. The summed E-state index contributed by atoms with van der Waals surface area (Å²) in [7, 11) is -1.60. The molecule has 0 amide bonds. The highest BCUT2D eigenvalue weighted by Gasteiger charge is 2.41. The second-order valence-electron chi connectivity index (χ2n) is 5.75. The van der Waals surface area contributed by atoms with Crippen LogP contribution >= 0.6 is 0 Å². The van der Waals surface area contributed by atoms with Crippen molar-refractivity contribution < 1.29 is 9.52 Å². The molecule has 0 radical (unpaired) electrons. The van der Waals surface area contributed by atoms with E-state index in [-0.39, 0.29) is 11.6 Å². The van der Waals surface area contributed by atoms with Gasteiger partial charge in [0.15, 0.2) is 0 Å². The molecule has 0 saturated heterocycles. The lowest BCUT2D eigenvalue weighted by Gasteiger charge is -2.35. The van der Waals surface area contributed by atoms with E-state index in [9.17, 15) is 0 Å². The second-order valence-corrected chi connectivity index (χ2v) is 11.0. The average molecular weight is 226 g/mol. The molecule has 1 N–H and O–H groups in total. The van der Waals surface area contributed by atoms with Crippen molar-refractivity contribution in [1.82, 2.24) is 0 Å². The monoisotopic (exact) mass is 226 g/mol. The molecule has 0 fully saturated rings. The van der Waals surface area contributed by atoms with Gasteiger partial charge in [-0.1, -0.05) is 33.9 Å². The Hall–Kier alpha value is -0.543. The SMILES string of the molecule is Cc1c(CO)coc1[Si](C)(C)C(C)(C)C. The van der Waals surface area contributed by atoms with Gasteiger partial charge >= 0.3 is 0 Å². The zero-order valence-corrected chi connectivity index (χ0v) is 11.6. The summed E-state index contributed by atoms with van der Waals surface area (Å²) in [6.07, 6.45) is 1.70. The molecule has 0 aliphatic rings. The zero-order chi connectivity index (χ0) is 11.9. The summed E-state index contributed by atoms with van der Waals surface area (Å²) >= 11 is 0. The molecule has 15 heavy (non-hydrogen) atoms. The lowest BCUT2D eigenvalue weighted by atomic mass is 10.2. The topological polar surface area (TPSA) is 33.4 Å². The number of aliphatic hydroxyl groups is 1. The van der Waals surface area contributed by atoms with Crippen LogP contribution in [0.15, 0.2) is 10.7 Å². The van der Waals surface area contributed by atoms with Crippen molar-refractivity contribution in [3.8, 4) is 0 Å². The third-order valence-corrected chi connectivity index (χ3v) is 9.13. The van der Waals surface area contributed by atoms with Gasteiger partial charge in [-0.3, -0.25) is 0 Å². The predicted molar refractivity (Wildman–Crippen MR) is 66.2 cm³/mol. The van der Waals surface area contributed by atoms with Gasteiger partial charge in [-0.2, -0.15) is 0 Å². The molecular weight excluding hydrogens is 204 g/mol.